The van der Waals surface area contributed by atoms with Gasteiger partial charge < -0.3 is 14.8 Å². The van der Waals surface area contributed by atoms with E-state index in [2.05, 4.69) is 42.4 Å². The van der Waals surface area contributed by atoms with Gasteiger partial charge in [0, 0.05) is 62.5 Å². The summed E-state index contributed by atoms with van der Waals surface area (Å²) >= 11 is 0. The molecule has 2 aliphatic rings. The van der Waals surface area contributed by atoms with Gasteiger partial charge in [-0.3, -0.25) is 9.58 Å². The van der Waals surface area contributed by atoms with Gasteiger partial charge in [0.2, 0.25) is 0 Å². The maximum Gasteiger partial charge on any atom is 0.161 e. The number of fused-ring (bicyclic) bond motifs is 1. The molecule has 6 nitrogen and oxygen atoms in total. The Kier molecular flexibility index (Phi) is 4.63. The van der Waals surface area contributed by atoms with E-state index in [0.29, 0.717) is 13.2 Å². The molecule has 0 atom stereocenters. The molecule has 2 aliphatic heterocycles. The lowest BCUT2D eigenvalue weighted by molar-refractivity contribution is 0.148. The van der Waals surface area contributed by atoms with Crippen molar-refractivity contribution in [3.63, 3.8) is 0 Å². The van der Waals surface area contributed by atoms with Gasteiger partial charge in [-0.05, 0) is 32.0 Å². The second-order valence-electron chi connectivity index (χ2n) is 7.91. The van der Waals surface area contributed by atoms with Crippen LogP contribution in [0.15, 0.2) is 24.4 Å². The monoisotopic (exact) mass is 356 g/mol. The Morgan fingerprint density at radius 3 is 2.81 bits per heavy atom. The fourth-order valence-corrected chi connectivity index (χ4v) is 3.83. The lowest BCUT2D eigenvalue weighted by Crippen LogP contribution is -2.56. The Morgan fingerprint density at radius 1 is 1.19 bits per heavy atom. The smallest absolute Gasteiger partial charge is 0.161 e. The molecule has 0 radical (unpaired) electrons. The molecule has 1 saturated heterocycles. The zero-order valence-electron chi connectivity index (χ0n) is 15.9. The largest absolute Gasteiger partial charge is 0.490 e. The van der Waals surface area contributed by atoms with Crippen molar-refractivity contribution < 1.29 is 9.47 Å². The van der Waals surface area contributed by atoms with Crippen LogP contribution >= 0.6 is 0 Å². The Labute approximate surface area is 155 Å². The number of rotatable bonds is 3. The van der Waals surface area contributed by atoms with Crippen LogP contribution in [0.25, 0.3) is 11.3 Å². The number of ether oxygens (including phenoxy) is 2. The Balaban J connectivity index is 1.61. The summed E-state index contributed by atoms with van der Waals surface area (Å²) in [6.45, 7) is 9.93. The van der Waals surface area contributed by atoms with Crippen LogP contribution in [0.3, 0.4) is 0 Å². The van der Waals surface area contributed by atoms with Crippen LogP contribution in [0.1, 0.15) is 25.8 Å². The van der Waals surface area contributed by atoms with Gasteiger partial charge in [-0.15, -0.1) is 0 Å². The van der Waals surface area contributed by atoms with Crippen LogP contribution in [0.2, 0.25) is 0 Å². The van der Waals surface area contributed by atoms with Gasteiger partial charge in [0.05, 0.1) is 18.9 Å². The summed E-state index contributed by atoms with van der Waals surface area (Å²) in [5.41, 5.74) is 3.51. The van der Waals surface area contributed by atoms with E-state index in [1.165, 1.54) is 5.56 Å². The number of hydrogen-bond donors (Lipinski definition) is 1. The van der Waals surface area contributed by atoms with E-state index >= 15 is 0 Å². The summed E-state index contributed by atoms with van der Waals surface area (Å²) in [5.74, 6) is 1.65. The van der Waals surface area contributed by atoms with Gasteiger partial charge >= 0.3 is 0 Å². The molecule has 6 heteroatoms. The third-order valence-corrected chi connectivity index (χ3v) is 4.97. The molecule has 1 aromatic heterocycles. The number of aryl methyl sites for hydroxylation is 1. The molecular weight excluding hydrogens is 328 g/mol. The predicted molar refractivity (Wildman–Crippen MR) is 102 cm³/mol. The highest BCUT2D eigenvalue weighted by Crippen LogP contribution is 2.35. The fourth-order valence-electron chi connectivity index (χ4n) is 3.83. The lowest BCUT2D eigenvalue weighted by Gasteiger charge is -2.39. The van der Waals surface area contributed by atoms with Crippen LogP contribution in [0.5, 0.6) is 11.5 Å². The van der Waals surface area contributed by atoms with E-state index < -0.39 is 0 Å². The minimum atomic E-state index is 0.149. The first-order valence-corrected chi connectivity index (χ1v) is 9.40. The summed E-state index contributed by atoms with van der Waals surface area (Å²) in [5, 5.41) is 8.31. The molecule has 0 bridgehead atoms. The van der Waals surface area contributed by atoms with E-state index in [9.17, 15) is 0 Å². The van der Waals surface area contributed by atoms with Crippen molar-refractivity contribution >= 4 is 0 Å². The normalized spacial score (nSPS) is 20.0. The lowest BCUT2D eigenvalue weighted by atomic mass is 10.0. The van der Waals surface area contributed by atoms with E-state index in [0.717, 1.165) is 55.4 Å². The zero-order valence-corrected chi connectivity index (χ0v) is 15.9. The van der Waals surface area contributed by atoms with Crippen LogP contribution < -0.4 is 14.8 Å². The van der Waals surface area contributed by atoms with Crippen LogP contribution in [0.4, 0.5) is 0 Å². The highest BCUT2D eigenvalue weighted by Gasteiger charge is 2.26. The third-order valence-electron chi connectivity index (χ3n) is 4.97. The quantitative estimate of drug-likeness (QED) is 0.915. The second kappa shape index (κ2) is 6.93. The summed E-state index contributed by atoms with van der Waals surface area (Å²) < 4.78 is 13.5. The molecular formula is C20H28N4O2. The maximum absolute atomic E-state index is 5.86. The van der Waals surface area contributed by atoms with Crippen molar-refractivity contribution in [1.29, 1.82) is 0 Å². The second-order valence-corrected chi connectivity index (χ2v) is 7.91. The van der Waals surface area contributed by atoms with E-state index in [-0.39, 0.29) is 5.54 Å². The van der Waals surface area contributed by atoms with Crippen molar-refractivity contribution in [2.75, 3.05) is 32.8 Å². The molecule has 26 heavy (non-hydrogen) atoms. The fraction of sp³-hybridized carbons (Fsp3) is 0.550. The summed E-state index contributed by atoms with van der Waals surface area (Å²) in [7, 11) is 1.98. The van der Waals surface area contributed by atoms with Gasteiger partial charge in [0.25, 0.3) is 0 Å². The van der Waals surface area contributed by atoms with Crippen LogP contribution in [0, 0.1) is 0 Å². The zero-order chi connectivity index (χ0) is 18.1. The van der Waals surface area contributed by atoms with E-state index in [4.69, 9.17) is 14.6 Å². The van der Waals surface area contributed by atoms with Gasteiger partial charge in [-0.1, -0.05) is 0 Å². The first kappa shape index (κ1) is 17.4. The Morgan fingerprint density at radius 2 is 2.00 bits per heavy atom. The maximum atomic E-state index is 5.86. The molecule has 2 aromatic rings. The summed E-state index contributed by atoms with van der Waals surface area (Å²) in [6, 6.07) is 6.15. The van der Waals surface area contributed by atoms with E-state index in [1.807, 2.05) is 17.8 Å². The molecule has 0 aliphatic carbocycles. The Bertz CT molecular complexity index is 784. The summed E-state index contributed by atoms with van der Waals surface area (Å²) in [4.78, 5) is 2.50. The number of nitrogens with zero attached hydrogens (tertiary/aromatic N) is 3. The van der Waals surface area contributed by atoms with Crippen molar-refractivity contribution in [3.8, 4) is 22.8 Å². The third kappa shape index (κ3) is 3.71. The molecule has 3 heterocycles. The molecule has 1 fully saturated rings. The average molecular weight is 356 g/mol. The SMILES string of the molecule is Cn1cc(CN2CCNC(C)(C)C2)c(-c2ccc3c(c2)OCCCO3)n1. The van der Waals surface area contributed by atoms with Gasteiger partial charge in [0.1, 0.15) is 0 Å². The molecule has 0 amide bonds. The highest BCUT2D eigenvalue weighted by molar-refractivity contribution is 5.66. The minimum absolute atomic E-state index is 0.149. The number of benzene rings is 1. The van der Waals surface area contributed by atoms with Gasteiger partial charge in [-0.2, -0.15) is 5.10 Å². The van der Waals surface area contributed by atoms with Crippen molar-refractivity contribution in [2.24, 2.45) is 7.05 Å². The average Bonchev–Trinajstić information content (AvgIpc) is 2.80. The minimum Gasteiger partial charge on any atom is -0.490 e. The molecule has 0 spiro atoms. The molecule has 0 unspecified atom stereocenters. The highest BCUT2D eigenvalue weighted by atomic mass is 16.5. The van der Waals surface area contributed by atoms with Crippen molar-refractivity contribution in [1.82, 2.24) is 20.0 Å². The van der Waals surface area contributed by atoms with Crippen LogP contribution in [-0.2, 0) is 13.6 Å². The topological polar surface area (TPSA) is 51.5 Å². The molecule has 0 saturated carbocycles. The summed E-state index contributed by atoms with van der Waals surface area (Å²) in [6.07, 6.45) is 3.05. The number of aromatic nitrogens is 2. The molecule has 140 valence electrons. The van der Waals surface area contributed by atoms with Gasteiger partial charge in [0.15, 0.2) is 11.5 Å². The first-order valence-electron chi connectivity index (χ1n) is 9.40. The number of nitrogens with one attached hydrogen (secondary N) is 1. The molecule has 1 aromatic carbocycles. The number of piperazine rings is 1. The predicted octanol–water partition coefficient (Wildman–Crippen LogP) is 2.43. The van der Waals surface area contributed by atoms with Crippen molar-refractivity contribution in [2.45, 2.75) is 32.4 Å². The molecule has 4 rings (SSSR count). The van der Waals surface area contributed by atoms with E-state index in [1.54, 1.807) is 0 Å². The van der Waals surface area contributed by atoms with Crippen molar-refractivity contribution in [3.05, 3.63) is 30.0 Å². The number of hydrogen-bond acceptors (Lipinski definition) is 5. The van der Waals surface area contributed by atoms with Crippen LogP contribution in [-0.4, -0.2) is 53.1 Å². The van der Waals surface area contributed by atoms with Gasteiger partial charge in [-0.25, -0.2) is 0 Å². The first-order chi connectivity index (χ1) is 12.5. The molecule has 1 N–H and O–H groups in total. The standard InChI is InChI=1S/C20H28N4O2/c1-20(2)14-24(8-7-21-20)13-16-12-23(3)22-19(16)15-5-6-17-18(11-15)26-10-4-9-25-17/h5-6,11-12,21H,4,7-10,13-14H2,1-3H3. The Hall–Kier alpha value is -2.05.